The smallest absolute Gasteiger partial charge is 0.408 e. The number of anilines is 1. The molecule has 3 atom stereocenters. The molecule has 1 aromatic carbocycles. The van der Waals surface area contributed by atoms with Crippen molar-refractivity contribution in [2.45, 2.75) is 51.7 Å². The molecule has 5 heteroatoms. The van der Waals surface area contributed by atoms with E-state index in [1.807, 2.05) is 20.8 Å². The monoisotopic (exact) mass is 357 g/mol. The number of hydrogen-bond donors (Lipinski definition) is 2. The van der Waals surface area contributed by atoms with Crippen LogP contribution in [0.2, 0.25) is 0 Å². The Morgan fingerprint density at radius 3 is 2.65 bits per heavy atom. The van der Waals surface area contributed by atoms with E-state index in [0.29, 0.717) is 0 Å². The molecule has 2 fully saturated rings. The quantitative estimate of drug-likeness (QED) is 0.853. The number of fused-ring (bicyclic) bond motifs is 2. The topological polar surface area (TPSA) is 53.6 Å². The highest BCUT2D eigenvalue weighted by Gasteiger charge is 2.37. The molecule has 2 aliphatic heterocycles. The van der Waals surface area contributed by atoms with E-state index in [-0.39, 0.29) is 12.1 Å². The van der Waals surface area contributed by atoms with Crippen LogP contribution in [0.5, 0.6) is 0 Å². The lowest BCUT2D eigenvalue weighted by Crippen LogP contribution is -2.36. The summed E-state index contributed by atoms with van der Waals surface area (Å²) in [6.07, 6.45) is 2.86. The number of rotatable bonds is 2. The van der Waals surface area contributed by atoms with Gasteiger partial charge in [0, 0.05) is 31.9 Å². The molecule has 4 rings (SSSR count). The van der Waals surface area contributed by atoms with Crippen LogP contribution in [0.25, 0.3) is 0 Å². The fourth-order valence-corrected chi connectivity index (χ4v) is 4.78. The van der Waals surface area contributed by atoms with Crippen LogP contribution in [-0.4, -0.2) is 37.9 Å². The maximum atomic E-state index is 12.3. The lowest BCUT2D eigenvalue weighted by molar-refractivity contribution is 0.0498. The summed E-state index contributed by atoms with van der Waals surface area (Å²) in [6.45, 7) is 10.3. The van der Waals surface area contributed by atoms with Crippen LogP contribution in [0.3, 0.4) is 0 Å². The number of nitrogens with one attached hydrogen (secondary N) is 2. The minimum absolute atomic E-state index is 0.0531. The maximum absolute atomic E-state index is 12.3. The van der Waals surface area contributed by atoms with E-state index in [1.54, 1.807) is 0 Å². The van der Waals surface area contributed by atoms with Crippen LogP contribution in [0.4, 0.5) is 10.5 Å². The summed E-state index contributed by atoms with van der Waals surface area (Å²) < 4.78 is 5.47. The average molecular weight is 357 g/mol. The number of carbonyl (C=O) groups excluding carboxylic acids is 1. The Hall–Kier alpha value is -1.75. The molecule has 2 saturated heterocycles. The van der Waals surface area contributed by atoms with Crippen molar-refractivity contribution in [2.75, 3.05) is 31.1 Å². The Morgan fingerprint density at radius 1 is 1.23 bits per heavy atom. The first-order valence-corrected chi connectivity index (χ1v) is 9.98. The molecule has 2 unspecified atom stereocenters. The first-order valence-electron chi connectivity index (χ1n) is 9.98. The zero-order valence-corrected chi connectivity index (χ0v) is 16.2. The molecule has 1 aliphatic carbocycles. The molecular formula is C21H31N3O2. The van der Waals surface area contributed by atoms with Crippen LogP contribution < -0.4 is 15.5 Å². The highest BCUT2D eigenvalue weighted by Crippen LogP contribution is 2.39. The third-order valence-electron chi connectivity index (χ3n) is 5.90. The number of amides is 1. The summed E-state index contributed by atoms with van der Waals surface area (Å²) in [4.78, 5) is 14.8. The minimum atomic E-state index is -0.467. The summed E-state index contributed by atoms with van der Waals surface area (Å²) in [7, 11) is 0. The number of carbonyl (C=O) groups is 1. The Bertz CT molecular complexity index is 670. The van der Waals surface area contributed by atoms with E-state index >= 15 is 0 Å². The van der Waals surface area contributed by atoms with Crippen molar-refractivity contribution in [1.82, 2.24) is 10.6 Å². The van der Waals surface area contributed by atoms with E-state index in [9.17, 15) is 4.79 Å². The molecule has 1 amide bonds. The van der Waals surface area contributed by atoms with Gasteiger partial charge >= 0.3 is 6.09 Å². The van der Waals surface area contributed by atoms with E-state index in [0.717, 1.165) is 57.3 Å². The summed E-state index contributed by atoms with van der Waals surface area (Å²) in [5.41, 5.74) is 3.61. The van der Waals surface area contributed by atoms with Crippen molar-refractivity contribution in [1.29, 1.82) is 0 Å². The second kappa shape index (κ2) is 6.76. The number of nitrogens with zero attached hydrogens (tertiary/aromatic N) is 1. The first-order chi connectivity index (χ1) is 12.4. The lowest BCUT2D eigenvalue weighted by atomic mass is 9.86. The molecule has 2 heterocycles. The molecule has 142 valence electrons. The van der Waals surface area contributed by atoms with E-state index < -0.39 is 5.60 Å². The second-order valence-electron chi connectivity index (χ2n) is 9.02. The Morgan fingerprint density at radius 2 is 1.96 bits per heavy atom. The van der Waals surface area contributed by atoms with Crippen LogP contribution in [0.15, 0.2) is 18.2 Å². The van der Waals surface area contributed by atoms with Crippen molar-refractivity contribution >= 4 is 11.8 Å². The van der Waals surface area contributed by atoms with Crippen molar-refractivity contribution in [3.05, 3.63) is 29.3 Å². The predicted octanol–water partition coefficient (Wildman–Crippen LogP) is 3.24. The molecule has 26 heavy (non-hydrogen) atoms. The van der Waals surface area contributed by atoms with Gasteiger partial charge in [-0.3, -0.25) is 0 Å². The van der Waals surface area contributed by atoms with Gasteiger partial charge in [0.1, 0.15) is 5.60 Å². The van der Waals surface area contributed by atoms with Gasteiger partial charge in [0.05, 0.1) is 6.04 Å². The lowest BCUT2D eigenvalue weighted by Gasteiger charge is -2.32. The van der Waals surface area contributed by atoms with Crippen LogP contribution >= 0.6 is 0 Å². The highest BCUT2D eigenvalue weighted by molar-refractivity contribution is 5.69. The van der Waals surface area contributed by atoms with Gasteiger partial charge in [-0.15, -0.1) is 0 Å². The van der Waals surface area contributed by atoms with Gasteiger partial charge in [0.25, 0.3) is 0 Å². The number of alkyl carbamates (subject to hydrolysis) is 1. The standard InChI is InChI=1S/C21H31N3O2/c1-21(2,3)26-20(25)23-18-8-4-7-17-16(18)6-5-9-19(17)24-12-14-10-22-11-15(14)13-24/h5-6,9,14-15,18,22H,4,7-8,10-13H2,1-3H3,(H,23,25)/t14?,15?,18-/m1/s1. The van der Waals surface area contributed by atoms with Gasteiger partial charge in [-0.1, -0.05) is 12.1 Å². The fourth-order valence-electron chi connectivity index (χ4n) is 4.78. The number of benzene rings is 1. The minimum Gasteiger partial charge on any atom is -0.444 e. The molecule has 2 N–H and O–H groups in total. The third-order valence-corrected chi connectivity index (χ3v) is 5.90. The van der Waals surface area contributed by atoms with Gasteiger partial charge < -0.3 is 20.3 Å². The summed E-state index contributed by atoms with van der Waals surface area (Å²) in [5, 5.41) is 6.62. The van der Waals surface area contributed by atoms with Crippen molar-refractivity contribution in [3.8, 4) is 0 Å². The van der Waals surface area contributed by atoms with E-state index in [4.69, 9.17) is 4.74 Å². The van der Waals surface area contributed by atoms with Gasteiger partial charge in [-0.25, -0.2) is 4.79 Å². The Balaban J connectivity index is 1.53. The van der Waals surface area contributed by atoms with Gasteiger partial charge in [0.2, 0.25) is 0 Å². The molecule has 3 aliphatic rings. The molecule has 5 nitrogen and oxygen atoms in total. The normalized spacial score (nSPS) is 27.8. The predicted molar refractivity (Wildman–Crippen MR) is 104 cm³/mol. The highest BCUT2D eigenvalue weighted by atomic mass is 16.6. The van der Waals surface area contributed by atoms with Gasteiger partial charge in [-0.2, -0.15) is 0 Å². The molecule has 1 aromatic rings. The van der Waals surface area contributed by atoms with Crippen LogP contribution in [0, 0.1) is 11.8 Å². The molecule has 0 spiro atoms. The zero-order chi connectivity index (χ0) is 18.3. The van der Waals surface area contributed by atoms with E-state index in [2.05, 4.69) is 33.7 Å². The zero-order valence-electron chi connectivity index (χ0n) is 16.2. The van der Waals surface area contributed by atoms with Crippen molar-refractivity contribution in [2.24, 2.45) is 11.8 Å². The molecule has 0 saturated carbocycles. The maximum Gasteiger partial charge on any atom is 0.408 e. The number of hydrogen-bond acceptors (Lipinski definition) is 4. The molecule has 0 radical (unpaired) electrons. The second-order valence-corrected chi connectivity index (χ2v) is 9.02. The summed E-state index contributed by atoms with van der Waals surface area (Å²) in [6, 6.07) is 6.65. The van der Waals surface area contributed by atoms with Crippen molar-refractivity contribution in [3.63, 3.8) is 0 Å². The van der Waals surface area contributed by atoms with Crippen molar-refractivity contribution < 1.29 is 9.53 Å². The summed E-state index contributed by atoms with van der Waals surface area (Å²) in [5.74, 6) is 1.57. The molecule has 0 aromatic heterocycles. The SMILES string of the molecule is CC(C)(C)OC(=O)N[C@@H]1CCCc2c1cccc2N1CC2CNCC2C1. The average Bonchev–Trinajstić information content (AvgIpc) is 3.14. The Kier molecular flexibility index (Phi) is 4.59. The first kappa shape index (κ1) is 17.7. The third kappa shape index (κ3) is 3.54. The molecular weight excluding hydrogens is 326 g/mol. The summed E-state index contributed by atoms with van der Waals surface area (Å²) >= 11 is 0. The van der Waals surface area contributed by atoms with Crippen LogP contribution in [-0.2, 0) is 11.2 Å². The Labute approximate surface area is 156 Å². The van der Waals surface area contributed by atoms with Gasteiger partial charge in [-0.05, 0) is 69.1 Å². The number of ether oxygens (including phenoxy) is 1. The fraction of sp³-hybridized carbons (Fsp3) is 0.667. The largest absolute Gasteiger partial charge is 0.444 e. The molecule has 0 bridgehead atoms. The van der Waals surface area contributed by atoms with Crippen LogP contribution in [0.1, 0.15) is 50.8 Å². The van der Waals surface area contributed by atoms with Gasteiger partial charge in [0.15, 0.2) is 0 Å². The van der Waals surface area contributed by atoms with E-state index in [1.165, 1.54) is 16.8 Å².